The minimum absolute atomic E-state index is 0.338. The van der Waals surface area contributed by atoms with Crippen molar-refractivity contribution in [3.8, 4) is 0 Å². The zero-order chi connectivity index (χ0) is 15.3. The van der Waals surface area contributed by atoms with Crippen LogP contribution in [-0.2, 0) is 23.2 Å². The molecule has 0 aliphatic heterocycles. The fourth-order valence-corrected chi connectivity index (χ4v) is 3.14. The van der Waals surface area contributed by atoms with Crippen LogP contribution in [0.5, 0.6) is 0 Å². The van der Waals surface area contributed by atoms with Gasteiger partial charge in [0.25, 0.3) is 0 Å². The third-order valence-corrected chi connectivity index (χ3v) is 4.45. The lowest BCUT2D eigenvalue weighted by atomic mass is 9.95. The van der Waals surface area contributed by atoms with E-state index in [9.17, 15) is 0 Å². The maximum absolute atomic E-state index is 6.08. The standard InChI is InChI=1S/C17H29N3O/c1-5-12-18-15-13-10-9-11-14(13)19-16(20-15)17(6-2,7-3)21-8-4/h5-12H2,1-4H3,(H,18,19,20). The Kier molecular flexibility index (Phi) is 5.57. The molecule has 4 nitrogen and oxygen atoms in total. The van der Waals surface area contributed by atoms with Crippen LogP contribution in [0.25, 0.3) is 0 Å². The second kappa shape index (κ2) is 7.21. The van der Waals surface area contributed by atoms with Crippen molar-refractivity contribution in [2.45, 2.75) is 71.8 Å². The van der Waals surface area contributed by atoms with Gasteiger partial charge in [-0.05, 0) is 45.4 Å². The number of fused-ring (bicyclic) bond motifs is 1. The molecule has 21 heavy (non-hydrogen) atoms. The normalized spacial score (nSPS) is 14.3. The topological polar surface area (TPSA) is 47.0 Å². The summed E-state index contributed by atoms with van der Waals surface area (Å²) in [5.74, 6) is 1.91. The van der Waals surface area contributed by atoms with Gasteiger partial charge < -0.3 is 10.1 Å². The Morgan fingerprint density at radius 3 is 2.48 bits per heavy atom. The minimum Gasteiger partial charge on any atom is -0.370 e. The van der Waals surface area contributed by atoms with Crippen LogP contribution in [0.1, 0.15) is 70.5 Å². The lowest BCUT2D eigenvalue weighted by Crippen LogP contribution is -2.31. The van der Waals surface area contributed by atoms with E-state index in [1.807, 2.05) is 6.92 Å². The molecule has 1 heterocycles. The molecule has 4 heteroatoms. The zero-order valence-electron chi connectivity index (χ0n) is 14.0. The number of aromatic nitrogens is 2. The summed E-state index contributed by atoms with van der Waals surface area (Å²) in [5, 5.41) is 3.49. The first-order chi connectivity index (χ1) is 10.2. The van der Waals surface area contributed by atoms with Crippen molar-refractivity contribution in [1.29, 1.82) is 0 Å². The molecule has 2 rings (SSSR count). The number of nitrogens with one attached hydrogen (secondary N) is 1. The molecule has 1 aliphatic rings. The van der Waals surface area contributed by atoms with Gasteiger partial charge in [0.2, 0.25) is 0 Å². The van der Waals surface area contributed by atoms with E-state index >= 15 is 0 Å². The number of ether oxygens (including phenoxy) is 1. The van der Waals surface area contributed by atoms with Gasteiger partial charge in [0, 0.05) is 24.4 Å². The van der Waals surface area contributed by atoms with E-state index in [1.165, 1.54) is 17.7 Å². The summed E-state index contributed by atoms with van der Waals surface area (Å²) < 4.78 is 6.08. The van der Waals surface area contributed by atoms with Gasteiger partial charge in [-0.2, -0.15) is 0 Å². The average molecular weight is 291 g/mol. The van der Waals surface area contributed by atoms with Gasteiger partial charge in [-0.15, -0.1) is 0 Å². The Morgan fingerprint density at radius 2 is 1.86 bits per heavy atom. The molecule has 1 N–H and O–H groups in total. The SMILES string of the molecule is CCCNc1nc(C(CC)(CC)OCC)nc2c1CCC2. The highest BCUT2D eigenvalue weighted by atomic mass is 16.5. The maximum atomic E-state index is 6.08. The van der Waals surface area contributed by atoms with E-state index in [0.717, 1.165) is 50.3 Å². The van der Waals surface area contributed by atoms with Crippen LogP contribution < -0.4 is 5.32 Å². The molecule has 1 aromatic rings. The molecule has 0 unspecified atom stereocenters. The molecule has 0 amide bonds. The summed E-state index contributed by atoms with van der Waals surface area (Å²) >= 11 is 0. The molecule has 0 fully saturated rings. The average Bonchev–Trinajstić information content (AvgIpc) is 2.99. The molecule has 0 saturated carbocycles. The molecule has 0 aromatic carbocycles. The first kappa shape index (κ1) is 16.2. The highest BCUT2D eigenvalue weighted by molar-refractivity contribution is 5.49. The highest BCUT2D eigenvalue weighted by Gasteiger charge is 2.34. The Labute approximate surface area is 128 Å². The van der Waals surface area contributed by atoms with Gasteiger partial charge in [-0.3, -0.25) is 0 Å². The number of rotatable bonds is 8. The molecular formula is C17H29N3O. The van der Waals surface area contributed by atoms with E-state index in [2.05, 4.69) is 26.1 Å². The quantitative estimate of drug-likeness (QED) is 0.790. The Morgan fingerprint density at radius 1 is 1.10 bits per heavy atom. The van der Waals surface area contributed by atoms with Crippen LogP contribution in [0.2, 0.25) is 0 Å². The number of anilines is 1. The Hall–Kier alpha value is -1.16. The van der Waals surface area contributed by atoms with Crippen molar-refractivity contribution >= 4 is 5.82 Å². The maximum Gasteiger partial charge on any atom is 0.162 e. The van der Waals surface area contributed by atoms with Gasteiger partial charge in [0.15, 0.2) is 5.82 Å². The van der Waals surface area contributed by atoms with Crippen LogP contribution in [-0.4, -0.2) is 23.1 Å². The van der Waals surface area contributed by atoms with Crippen molar-refractivity contribution in [2.24, 2.45) is 0 Å². The number of hydrogen-bond acceptors (Lipinski definition) is 4. The fraction of sp³-hybridized carbons (Fsp3) is 0.765. The molecule has 1 aliphatic carbocycles. The van der Waals surface area contributed by atoms with Crippen molar-refractivity contribution < 1.29 is 4.74 Å². The lowest BCUT2D eigenvalue weighted by Gasteiger charge is -2.30. The van der Waals surface area contributed by atoms with E-state index in [4.69, 9.17) is 14.7 Å². The van der Waals surface area contributed by atoms with Gasteiger partial charge >= 0.3 is 0 Å². The second-order valence-corrected chi connectivity index (χ2v) is 5.74. The van der Waals surface area contributed by atoms with Crippen molar-refractivity contribution in [3.63, 3.8) is 0 Å². The highest BCUT2D eigenvalue weighted by Crippen LogP contribution is 2.34. The van der Waals surface area contributed by atoms with Gasteiger partial charge in [-0.25, -0.2) is 9.97 Å². The predicted octanol–water partition coefficient (Wildman–Crippen LogP) is 3.84. The summed E-state index contributed by atoms with van der Waals surface area (Å²) in [4.78, 5) is 9.75. The molecule has 0 radical (unpaired) electrons. The molecule has 118 valence electrons. The van der Waals surface area contributed by atoms with Crippen molar-refractivity contribution in [2.75, 3.05) is 18.5 Å². The smallest absolute Gasteiger partial charge is 0.162 e. The largest absolute Gasteiger partial charge is 0.370 e. The van der Waals surface area contributed by atoms with E-state index in [1.54, 1.807) is 0 Å². The summed E-state index contributed by atoms with van der Waals surface area (Å²) in [6, 6.07) is 0. The van der Waals surface area contributed by atoms with Crippen molar-refractivity contribution in [3.05, 3.63) is 17.1 Å². The number of nitrogens with zero attached hydrogens (tertiary/aromatic N) is 2. The third-order valence-electron chi connectivity index (χ3n) is 4.45. The van der Waals surface area contributed by atoms with Crippen LogP contribution in [0, 0.1) is 0 Å². The zero-order valence-corrected chi connectivity index (χ0v) is 14.0. The molecule has 0 bridgehead atoms. The van der Waals surface area contributed by atoms with E-state index in [0.29, 0.717) is 6.61 Å². The summed E-state index contributed by atoms with van der Waals surface area (Å²) in [6.07, 6.45) is 6.27. The number of hydrogen-bond donors (Lipinski definition) is 1. The first-order valence-electron chi connectivity index (χ1n) is 8.48. The van der Waals surface area contributed by atoms with Crippen LogP contribution >= 0.6 is 0 Å². The second-order valence-electron chi connectivity index (χ2n) is 5.74. The first-order valence-corrected chi connectivity index (χ1v) is 8.48. The predicted molar refractivity (Wildman–Crippen MR) is 86.7 cm³/mol. The summed E-state index contributed by atoms with van der Waals surface area (Å²) in [5.41, 5.74) is 2.21. The van der Waals surface area contributed by atoms with Crippen LogP contribution in [0.3, 0.4) is 0 Å². The molecule has 0 atom stereocenters. The minimum atomic E-state index is -0.338. The van der Waals surface area contributed by atoms with Crippen LogP contribution in [0.4, 0.5) is 5.82 Å². The Bertz CT molecular complexity index is 469. The summed E-state index contributed by atoms with van der Waals surface area (Å²) in [7, 11) is 0. The molecule has 1 aromatic heterocycles. The van der Waals surface area contributed by atoms with Gasteiger partial charge in [0.1, 0.15) is 11.4 Å². The lowest BCUT2D eigenvalue weighted by molar-refractivity contribution is -0.0571. The van der Waals surface area contributed by atoms with E-state index < -0.39 is 0 Å². The molecule has 0 saturated heterocycles. The van der Waals surface area contributed by atoms with E-state index in [-0.39, 0.29) is 5.60 Å². The van der Waals surface area contributed by atoms with Crippen molar-refractivity contribution in [1.82, 2.24) is 9.97 Å². The Balaban J connectivity index is 2.43. The third kappa shape index (κ3) is 3.20. The van der Waals surface area contributed by atoms with Crippen LogP contribution in [0.15, 0.2) is 0 Å². The fourth-order valence-electron chi connectivity index (χ4n) is 3.14. The number of aryl methyl sites for hydroxylation is 1. The molecular weight excluding hydrogens is 262 g/mol. The van der Waals surface area contributed by atoms with Gasteiger partial charge in [-0.1, -0.05) is 20.8 Å². The monoisotopic (exact) mass is 291 g/mol. The molecule has 0 spiro atoms. The van der Waals surface area contributed by atoms with Gasteiger partial charge in [0.05, 0.1) is 0 Å². The summed E-state index contributed by atoms with van der Waals surface area (Å²) in [6.45, 7) is 10.2.